The van der Waals surface area contributed by atoms with Crippen LogP contribution < -0.4 is 31.2 Å². The van der Waals surface area contributed by atoms with Crippen molar-refractivity contribution in [3.8, 4) is 22.3 Å². The molecule has 0 fully saturated rings. The van der Waals surface area contributed by atoms with Crippen molar-refractivity contribution in [1.82, 2.24) is 0 Å². The lowest BCUT2D eigenvalue weighted by molar-refractivity contribution is 0.332. The minimum atomic E-state index is -2.08. The third kappa shape index (κ3) is 5.41. The quantitative estimate of drug-likeness (QED) is 0.162. The molecule has 1 aliphatic carbocycles. The smallest absolute Gasteiger partial charge is 0.375 e. The molecular weight excluding hydrogens is 756 g/mol. The predicted molar refractivity (Wildman–Crippen MR) is 265 cm³/mol. The monoisotopic (exact) mass is 814 g/mol. The summed E-state index contributed by atoms with van der Waals surface area (Å²) in [5.74, 6) is 0. The molecule has 1 aromatic heterocycles. The number of fused-ring (bicyclic) bond motifs is 9. The van der Waals surface area contributed by atoms with Gasteiger partial charge in [-0.2, -0.15) is 0 Å². The summed E-state index contributed by atoms with van der Waals surface area (Å²) in [5, 5.41) is 4.19. The van der Waals surface area contributed by atoms with Crippen molar-refractivity contribution in [3.63, 3.8) is 0 Å². The molecule has 3 nitrogen and oxygen atoms in total. The Kier molecular flexibility index (Phi) is 7.88. The van der Waals surface area contributed by atoms with E-state index in [4.69, 9.17) is 4.42 Å². The number of rotatable bonds is 2. The lowest BCUT2D eigenvalue weighted by atomic mass is 9.45. The molecule has 0 saturated carbocycles. The minimum absolute atomic E-state index is 0.0223. The van der Waals surface area contributed by atoms with Crippen LogP contribution in [-0.2, 0) is 21.7 Å². The number of furan rings is 1. The molecule has 0 radical (unpaired) electrons. The molecule has 0 spiro atoms. The summed E-state index contributed by atoms with van der Waals surface area (Å²) in [7, 11) is -2.08. The third-order valence-electron chi connectivity index (χ3n) is 15.2. The van der Waals surface area contributed by atoms with E-state index in [1.807, 2.05) is 0 Å². The summed E-state index contributed by atoms with van der Waals surface area (Å²) in [6, 6.07) is 44.8. The Hall–Kier alpha value is -5.26. The number of hydrogen-bond acceptors (Lipinski definition) is 3. The molecule has 61 heavy (non-hydrogen) atoms. The van der Waals surface area contributed by atoms with Crippen LogP contribution in [0.5, 0.6) is 0 Å². The number of anilines is 5. The minimum Gasteiger partial charge on any atom is -0.466 e. The van der Waals surface area contributed by atoms with E-state index in [0.29, 0.717) is 0 Å². The van der Waals surface area contributed by atoms with Crippen LogP contribution >= 0.6 is 0 Å². The van der Waals surface area contributed by atoms with E-state index in [2.05, 4.69) is 207 Å². The van der Waals surface area contributed by atoms with E-state index in [0.717, 1.165) is 24.1 Å². The summed E-state index contributed by atoms with van der Waals surface area (Å²) >= 11 is 0. The van der Waals surface area contributed by atoms with Gasteiger partial charge < -0.3 is 14.1 Å². The van der Waals surface area contributed by atoms with Gasteiger partial charge >= 0.3 is 6.85 Å². The molecule has 0 unspecified atom stereocenters. The molecule has 6 aromatic carbocycles. The van der Waals surface area contributed by atoms with E-state index in [1.54, 1.807) is 0 Å². The van der Waals surface area contributed by atoms with E-state index in [9.17, 15) is 0 Å². The van der Waals surface area contributed by atoms with Gasteiger partial charge in [-0.3, -0.25) is 0 Å². The maximum absolute atomic E-state index is 7.65. The van der Waals surface area contributed by atoms with Crippen LogP contribution in [0.4, 0.5) is 28.4 Å². The van der Waals surface area contributed by atoms with Crippen molar-refractivity contribution in [2.24, 2.45) is 0 Å². The number of hydrogen-bond donors (Lipinski definition) is 0. The Morgan fingerprint density at radius 1 is 0.574 bits per heavy atom. The SMILES string of the molecule is CC(C)(C)c1ccc(N2c3cc(C(C)(C)C)cc4c3B(c3oc5cc6c(cc5c32)C(C)(C)CCC6(C)C)N2c3ccccc3[Si](C)(C)c3cccc-4c32)c(-c2ccccc2)c1. The highest BCUT2D eigenvalue weighted by Crippen LogP contribution is 2.54. The molecule has 306 valence electrons. The normalized spacial score (nSPS) is 17.7. The lowest BCUT2D eigenvalue weighted by Gasteiger charge is -2.50. The zero-order valence-electron chi connectivity index (χ0n) is 38.3. The van der Waals surface area contributed by atoms with Gasteiger partial charge in [-0.05, 0) is 120 Å². The third-order valence-corrected chi connectivity index (χ3v) is 18.7. The molecule has 4 heterocycles. The fourth-order valence-electron chi connectivity index (χ4n) is 11.4. The van der Waals surface area contributed by atoms with E-state index in [-0.39, 0.29) is 28.5 Å². The summed E-state index contributed by atoms with van der Waals surface area (Å²) in [4.78, 5) is 5.34. The van der Waals surface area contributed by atoms with E-state index in [1.165, 1.54) is 94.2 Å². The maximum Gasteiger partial charge on any atom is 0.375 e. The Balaban J connectivity index is 1.33. The second-order valence-corrected chi connectivity index (χ2v) is 26.8. The number of nitrogens with zero attached hydrogens (tertiary/aromatic N) is 2. The molecule has 3 aliphatic heterocycles. The Morgan fingerprint density at radius 3 is 1.92 bits per heavy atom. The first kappa shape index (κ1) is 38.6. The Bertz CT molecular complexity index is 2990. The van der Waals surface area contributed by atoms with Crippen LogP contribution in [0.15, 0.2) is 120 Å². The van der Waals surface area contributed by atoms with Crippen LogP contribution in [0, 0.1) is 0 Å². The van der Waals surface area contributed by atoms with Crippen molar-refractivity contribution in [1.29, 1.82) is 0 Å². The molecule has 4 aliphatic rings. The van der Waals surface area contributed by atoms with Gasteiger partial charge in [-0.1, -0.05) is 161 Å². The molecule has 0 amide bonds. The standard InChI is InChI=1S/C56H59BN2OSi/c1-53(2,3)35-25-26-43(38(29-35)34-19-14-13-15-20-34)58-45-31-36(54(4,5)6)30-39-37-21-18-24-48-50(37)59(44-22-16-17-23-47(44)61(48,11)12)57(49(39)45)52-51(58)40-32-41-42(33-46(40)60-52)56(9,10)28-27-55(41,7)8/h13-26,29-33H,27-28H2,1-12H3. The lowest BCUT2D eigenvalue weighted by Crippen LogP contribution is -2.68. The number of benzene rings is 6. The maximum atomic E-state index is 7.65. The topological polar surface area (TPSA) is 19.6 Å². The highest BCUT2D eigenvalue weighted by molar-refractivity contribution is 7.05. The molecule has 5 heteroatoms. The first-order chi connectivity index (χ1) is 28.8. The zero-order chi connectivity index (χ0) is 42.8. The van der Waals surface area contributed by atoms with Gasteiger partial charge in [0, 0.05) is 33.6 Å². The van der Waals surface area contributed by atoms with Gasteiger partial charge in [0.25, 0.3) is 0 Å². The highest BCUT2D eigenvalue weighted by atomic mass is 28.3. The van der Waals surface area contributed by atoms with Crippen LogP contribution in [0.1, 0.15) is 104 Å². The molecule has 0 saturated heterocycles. The summed E-state index contributed by atoms with van der Waals surface area (Å²) < 4.78 is 7.65. The first-order valence-corrected chi connectivity index (χ1v) is 25.6. The first-order valence-electron chi connectivity index (χ1n) is 22.6. The molecule has 7 aromatic rings. The van der Waals surface area contributed by atoms with Crippen molar-refractivity contribution in [2.45, 2.75) is 117 Å². The van der Waals surface area contributed by atoms with E-state index < -0.39 is 8.07 Å². The average molecular weight is 815 g/mol. The van der Waals surface area contributed by atoms with Gasteiger partial charge in [-0.15, -0.1) is 0 Å². The molecule has 0 N–H and O–H groups in total. The fraction of sp³-hybridized carbons (Fsp3) is 0.321. The van der Waals surface area contributed by atoms with E-state index >= 15 is 0 Å². The van der Waals surface area contributed by atoms with Crippen LogP contribution in [0.2, 0.25) is 13.1 Å². The molecule has 0 bridgehead atoms. The molecule has 0 atom stereocenters. The second-order valence-electron chi connectivity index (χ2n) is 22.5. The van der Waals surface area contributed by atoms with Gasteiger partial charge in [0.2, 0.25) is 0 Å². The molecule has 11 rings (SSSR count). The second kappa shape index (κ2) is 12.4. The van der Waals surface area contributed by atoms with Crippen LogP contribution in [0.25, 0.3) is 33.2 Å². The summed E-state index contributed by atoms with van der Waals surface area (Å²) in [6.07, 6.45) is 2.31. The van der Waals surface area contributed by atoms with Gasteiger partial charge in [0.05, 0.1) is 11.4 Å². The fourth-order valence-corrected chi connectivity index (χ4v) is 14.4. The largest absolute Gasteiger partial charge is 0.466 e. The summed E-state index contributed by atoms with van der Waals surface area (Å²) in [5.41, 5.74) is 20.2. The van der Waals surface area contributed by atoms with Crippen molar-refractivity contribution < 1.29 is 4.42 Å². The van der Waals surface area contributed by atoms with Crippen molar-refractivity contribution in [2.75, 3.05) is 9.71 Å². The summed E-state index contributed by atoms with van der Waals surface area (Å²) in [6.45, 7) is 28.8. The Labute approximate surface area is 364 Å². The average Bonchev–Trinajstić information content (AvgIpc) is 3.59. The Morgan fingerprint density at radius 2 is 1.21 bits per heavy atom. The van der Waals surface area contributed by atoms with Gasteiger partial charge in [0.1, 0.15) is 19.3 Å². The van der Waals surface area contributed by atoms with Crippen molar-refractivity contribution in [3.05, 3.63) is 138 Å². The molecular formula is C56H59BN2OSi. The highest BCUT2D eigenvalue weighted by Gasteiger charge is 2.53. The zero-order valence-corrected chi connectivity index (χ0v) is 39.3. The van der Waals surface area contributed by atoms with Crippen molar-refractivity contribution >= 4 is 75.8 Å². The predicted octanol–water partition coefficient (Wildman–Crippen LogP) is 12.9. The van der Waals surface area contributed by atoms with Gasteiger partial charge in [0.15, 0.2) is 0 Å². The van der Waals surface area contributed by atoms with Gasteiger partial charge in [-0.25, -0.2) is 0 Å². The van der Waals surface area contributed by atoms with Crippen LogP contribution in [-0.4, -0.2) is 14.9 Å². The van der Waals surface area contributed by atoms with Crippen LogP contribution in [0.3, 0.4) is 0 Å². The number of para-hydroxylation sites is 2.